The van der Waals surface area contributed by atoms with Crippen LogP contribution in [0.4, 0.5) is 11.4 Å². The summed E-state index contributed by atoms with van der Waals surface area (Å²) in [6.45, 7) is 6.64. The Kier molecular flexibility index (Phi) is 3.45. The average molecular weight is 310 g/mol. The van der Waals surface area contributed by atoms with E-state index in [1.807, 2.05) is 26.1 Å². The van der Waals surface area contributed by atoms with Crippen LogP contribution >= 0.6 is 15.9 Å². The normalized spacial score (nSPS) is 17.3. The van der Waals surface area contributed by atoms with Gasteiger partial charge in [-0.15, -0.1) is 0 Å². The third-order valence-electron chi connectivity index (χ3n) is 2.91. The number of nitrogens with one attached hydrogen (secondary N) is 1. The third-order valence-corrected chi connectivity index (χ3v) is 3.55. The number of likely N-dealkylation sites (N-methyl/N-ethyl adjacent to an activating group) is 1. The van der Waals surface area contributed by atoms with Gasteiger partial charge in [-0.25, -0.2) is 0 Å². The first kappa shape index (κ1) is 13.1. The van der Waals surface area contributed by atoms with Crippen molar-refractivity contribution in [2.75, 3.05) is 23.8 Å². The predicted octanol–water partition coefficient (Wildman–Crippen LogP) is 2.41. The summed E-state index contributed by atoms with van der Waals surface area (Å²) in [6.07, 6.45) is 0. The lowest BCUT2D eigenvalue weighted by molar-refractivity contribution is -0.116. The van der Waals surface area contributed by atoms with Crippen LogP contribution in [-0.2, 0) is 4.79 Å². The fourth-order valence-corrected chi connectivity index (χ4v) is 2.74. The Labute approximate surface area is 115 Å². The summed E-state index contributed by atoms with van der Waals surface area (Å²) in [5.41, 5.74) is 9.51. The number of nitrogens with zero attached hydrogens (tertiary/aromatic N) is 1. The van der Waals surface area contributed by atoms with E-state index < -0.39 is 6.04 Å². The van der Waals surface area contributed by atoms with Gasteiger partial charge in [0.15, 0.2) is 0 Å². The lowest BCUT2D eigenvalue weighted by atomic mass is 10.1. The van der Waals surface area contributed by atoms with Crippen LogP contribution in [-0.4, -0.2) is 19.5 Å². The summed E-state index contributed by atoms with van der Waals surface area (Å²) in [7, 11) is 1.98. The molecule has 1 aliphatic rings. The minimum absolute atomic E-state index is 0.156. The zero-order chi connectivity index (χ0) is 13.4. The van der Waals surface area contributed by atoms with Crippen molar-refractivity contribution in [3.63, 3.8) is 0 Å². The van der Waals surface area contributed by atoms with Crippen molar-refractivity contribution in [3.8, 4) is 0 Å². The second kappa shape index (κ2) is 4.74. The van der Waals surface area contributed by atoms with E-state index in [1.165, 1.54) is 0 Å². The van der Waals surface area contributed by atoms with Gasteiger partial charge in [0.2, 0.25) is 5.91 Å². The molecule has 0 saturated carbocycles. The molecule has 1 aromatic rings. The number of carbonyl (C=O) groups excluding carboxylic acids is 1. The molecular formula is C13H16BrN3O. The number of hydrogen-bond acceptors (Lipinski definition) is 3. The van der Waals surface area contributed by atoms with Gasteiger partial charge in [-0.05, 0) is 35.0 Å². The largest absolute Gasteiger partial charge is 0.370 e. The summed E-state index contributed by atoms with van der Waals surface area (Å²) in [6, 6.07) is 3.27. The van der Waals surface area contributed by atoms with Gasteiger partial charge >= 0.3 is 0 Å². The number of hydrogen-bond donors (Lipinski definition) is 2. The van der Waals surface area contributed by atoms with E-state index in [1.54, 1.807) is 0 Å². The molecule has 0 radical (unpaired) electrons. The number of rotatable bonds is 3. The molecule has 1 heterocycles. The van der Waals surface area contributed by atoms with Gasteiger partial charge in [-0.3, -0.25) is 4.79 Å². The van der Waals surface area contributed by atoms with Crippen molar-refractivity contribution < 1.29 is 4.79 Å². The van der Waals surface area contributed by atoms with Gasteiger partial charge in [0.25, 0.3) is 0 Å². The molecule has 18 heavy (non-hydrogen) atoms. The minimum Gasteiger partial charge on any atom is -0.370 e. The number of halogens is 1. The fourth-order valence-electron chi connectivity index (χ4n) is 2.08. The van der Waals surface area contributed by atoms with Crippen LogP contribution in [0.25, 0.3) is 0 Å². The summed E-state index contributed by atoms with van der Waals surface area (Å²) < 4.78 is 0.928. The van der Waals surface area contributed by atoms with Gasteiger partial charge in [-0.1, -0.05) is 12.2 Å². The van der Waals surface area contributed by atoms with E-state index in [-0.39, 0.29) is 5.91 Å². The van der Waals surface area contributed by atoms with Gasteiger partial charge < -0.3 is 16.0 Å². The van der Waals surface area contributed by atoms with E-state index in [0.717, 1.165) is 33.5 Å². The molecule has 1 aromatic carbocycles. The molecule has 0 saturated heterocycles. The van der Waals surface area contributed by atoms with E-state index in [9.17, 15) is 4.79 Å². The highest BCUT2D eigenvalue weighted by atomic mass is 79.9. The number of anilines is 2. The van der Waals surface area contributed by atoms with Crippen molar-refractivity contribution >= 4 is 33.2 Å². The Morgan fingerprint density at radius 1 is 1.61 bits per heavy atom. The Morgan fingerprint density at radius 3 is 2.89 bits per heavy atom. The zero-order valence-corrected chi connectivity index (χ0v) is 12.0. The maximum atomic E-state index is 11.5. The number of nitrogens with two attached hydrogens (primary N) is 1. The smallest absolute Gasteiger partial charge is 0.245 e. The zero-order valence-electron chi connectivity index (χ0n) is 10.5. The molecule has 1 aliphatic heterocycles. The van der Waals surface area contributed by atoms with Gasteiger partial charge in [0.1, 0.15) is 6.04 Å². The lowest BCUT2D eigenvalue weighted by Crippen LogP contribution is -2.19. The van der Waals surface area contributed by atoms with E-state index >= 15 is 0 Å². The topological polar surface area (TPSA) is 58.4 Å². The van der Waals surface area contributed by atoms with Crippen molar-refractivity contribution in [1.82, 2.24) is 0 Å². The molecule has 4 nitrogen and oxygen atoms in total. The number of fused-ring (bicyclic) bond motifs is 1. The van der Waals surface area contributed by atoms with E-state index in [0.29, 0.717) is 0 Å². The minimum atomic E-state index is -0.572. The Hall–Kier alpha value is -1.33. The highest BCUT2D eigenvalue weighted by Crippen LogP contribution is 2.37. The fraction of sp³-hybridized carbons (Fsp3) is 0.308. The molecule has 0 bridgehead atoms. The molecular weight excluding hydrogens is 294 g/mol. The molecule has 5 heteroatoms. The maximum Gasteiger partial charge on any atom is 0.245 e. The van der Waals surface area contributed by atoms with Crippen molar-refractivity contribution in [2.24, 2.45) is 5.73 Å². The molecule has 0 fully saturated rings. The molecule has 0 spiro atoms. The monoisotopic (exact) mass is 309 g/mol. The van der Waals surface area contributed by atoms with Crippen LogP contribution in [0, 0.1) is 0 Å². The van der Waals surface area contributed by atoms with Crippen LogP contribution in [0.3, 0.4) is 0 Å². The molecule has 2 rings (SSSR count). The van der Waals surface area contributed by atoms with Crippen molar-refractivity contribution in [1.29, 1.82) is 0 Å². The Bertz CT molecular complexity index is 527. The highest BCUT2D eigenvalue weighted by molar-refractivity contribution is 9.10. The van der Waals surface area contributed by atoms with Crippen LogP contribution in [0.1, 0.15) is 18.5 Å². The molecule has 96 valence electrons. The second-order valence-corrected chi connectivity index (χ2v) is 5.53. The molecule has 1 amide bonds. The maximum absolute atomic E-state index is 11.5. The van der Waals surface area contributed by atoms with Crippen LogP contribution in [0.15, 0.2) is 28.8 Å². The quantitative estimate of drug-likeness (QED) is 0.843. The first-order valence-electron chi connectivity index (χ1n) is 5.65. The summed E-state index contributed by atoms with van der Waals surface area (Å²) in [4.78, 5) is 13.6. The Balaban J connectivity index is 2.38. The van der Waals surface area contributed by atoms with Gasteiger partial charge in [0.05, 0.1) is 5.69 Å². The van der Waals surface area contributed by atoms with Gasteiger partial charge in [-0.2, -0.15) is 0 Å². The third kappa shape index (κ3) is 2.28. The summed E-state index contributed by atoms with van der Waals surface area (Å²) in [5, 5.41) is 2.79. The lowest BCUT2D eigenvalue weighted by Gasteiger charge is -2.22. The first-order valence-corrected chi connectivity index (χ1v) is 6.45. The molecule has 0 aromatic heterocycles. The van der Waals surface area contributed by atoms with Crippen molar-refractivity contribution in [3.05, 3.63) is 34.3 Å². The highest BCUT2D eigenvalue weighted by Gasteiger charge is 2.28. The van der Waals surface area contributed by atoms with Crippen LogP contribution in [0.5, 0.6) is 0 Å². The number of amides is 1. The molecule has 3 N–H and O–H groups in total. The Morgan fingerprint density at radius 2 is 2.28 bits per heavy atom. The van der Waals surface area contributed by atoms with Crippen LogP contribution < -0.4 is 16.0 Å². The molecule has 1 atom stereocenters. The second-order valence-electron chi connectivity index (χ2n) is 4.67. The number of carbonyl (C=O) groups is 1. The standard InChI is InChI=1S/C13H16BrN3O/c1-7(2)6-17(3)11-5-10-8(4-9(11)14)12(15)13(18)16-10/h4-5,12H,1,6,15H2,2-3H3,(H,16,18). The molecule has 1 unspecified atom stereocenters. The summed E-state index contributed by atoms with van der Waals surface area (Å²) in [5.74, 6) is -0.156. The van der Waals surface area contributed by atoms with Gasteiger partial charge in [0, 0.05) is 29.3 Å². The predicted molar refractivity (Wildman–Crippen MR) is 77.8 cm³/mol. The summed E-state index contributed by atoms with van der Waals surface area (Å²) >= 11 is 3.52. The number of benzene rings is 1. The SMILES string of the molecule is C=C(C)CN(C)c1cc2c(cc1Br)C(N)C(=O)N2. The first-order chi connectivity index (χ1) is 8.40. The van der Waals surface area contributed by atoms with E-state index in [4.69, 9.17) is 5.73 Å². The van der Waals surface area contributed by atoms with E-state index in [2.05, 4.69) is 32.7 Å². The van der Waals surface area contributed by atoms with Crippen LogP contribution in [0.2, 0.25) is 0 Å². The molecule has 0 aliphatic carbocycles. The van der Waals surface area contributed by atoms with Crippen molar-refractivity contribution in [2.45, 2.75) is 13.0 Å². The average Bonchev–Trinajstić information content (AvgIpc) is 2.53.